The Labute approximate surface area is 84.2 Å². The number of hydrogen-bond donors (Lipinski definition) is 1. The van der Waals surface area contributed by atoms with Crippen LogP contribution in [0.5, 0.6) is 0 Å². The summed E-state index contributed by atoms with van der Waals surface area (Å²) < 4.78 is -0.0308. The van der Waals surface area contributed by atoms with E-state index in [1.807, 2.05) is 0 Å². The third-order valence-corrected chi connectivity index (χ3v) is 2.80. The predicted octanol–water partition coefficient (Wildman–Crippen LogP) is 3.57. The van der Waals surface area contributed by atoms with E-state index in [0.717, 1.165) is 0 Å². The fraction of sp³-hybridized carbons (Fsp3) is 0.400. The van der Waals surface area contributed by atoms with Gasteiger partial charge in [0.1, 0.15) is 0 Å². The van der Waals surface area contributed by atoms with Gasteiger partial charge in [0, 0.05) is 9.64 Å². The van der Waals surface area contributed by atoms with E-state index in [9.17, 15) is 0 Å². The molecular formula is C10H14S2. The van der Waals surface area contributed by atoms with Crippen LogP contribution in [0.3, 0.4) is 0 Å². The first kappa shape index (κ1) is 10.0. The zero-order valence-electron chi connectivity index (χ0n) is 7.66. The second-order valence-electron chi connectivity index (χ2n) is 3.29. The van der Waals surface area contributed by atoms with Gasteiger partial charge in [0.25, 0.3) is 0 Å². The van der Waals surface area contributed by atoms with E-state index in [2.05, 4.69) is 57.0 Å². The first-order valence-electron chi connectivity index (χ1n) is 3.91. The summed E-state index contributed by atoms with van der Waals surface area (Å²) in [5.41, 5.74) is 1.27. The van der Waals surface area contributed by atoms with Crippen molar-refractivity contribution in [3.05, 3.63) is 29.8 Å². The highest BCUT2D eigenvalue weighted by Crippen LogP contribution is 2.28. The van der Waals surface area contributed by atoms with E-state index >= 15 is 0 Å². The summed E-state index contributed by atoms with van der Waals surface area (Å²) in [6.45, 7) is 4.20. The fourth-order valence-electron chi connectivity index (χ4n) is 0.999. The highest BCUT2D eigenvalue weighted by Gasteiger charge is 2.13. The Hall–Kier alpha value is -0.0800. The Balaban J connectivity index is 2.93. The van der Waals surface area contributed by atoms with Crippen LogP contribution in [0, 0.1) is 0 Å². The maximum Gasteiger partial charge on any atom is 0.0322 e. The van der Waals surface area contributed by atoms with Gasteiger partial charge in [-0.25, -0.2) is 0 Å². The monoisotopic (exact) mass is 198 g/mol. The molecule has 0 aliphatic heterocycles. The molecule has 1 rings (SSSR count). The van der Waals surface area contributed by atoms with Crippen molar-refractivity contribution in [1.82, 2.24) is 0 Å². The highest BCUT2D eigenvalue weighted by molar-refractivity contribution is 7.98. The molecule has 0 aromatic heterocycles. The molecule has 12 heavy (non-hydrogen) atoms. The average molecular weight is 198 g/mol. The van der Waals surface area contributed by atoms with Crippen LogP contribution in [-0.2, 0) is 4.75 Å². The van der Waals surface area contributed by atoms with Crippen molar-refractivity contribution < 1.29 is 0 Å². The van der Waals surface area contributed by atoms with Gasteiger partial charge in [-0.15, -0.1) is 11.8 Å². The Morgan fingerprint density at radius 2 is 1.67 bits per heavy atom. The molecular weight excluding hydrogens is 184 g/mol. The Morgan fingerprint density at radius 3 is 2.00 bits per heavy atom. The van der Waals surface area contributed by atoms with Crippen LogP contribution in [0.2, 0.25) is 0 Å². The molecule has 2 heteroatoms. The van der Waals surface area contributed by atoms with Crippen molar-refractivity contribution in [2.45, 2.75) is 23.5 Å². The normalized spacial score (nSPS) is 11.7. The van der Waals surface area contributed by atoms with Crippen LogP contribution < -0.4 is 0 Å². The van der Waals surface area contributed by atoms with Crippen LogP contribution in [0.25, 0.3) is 0 Å². The Bertz CT molecular complexity index is 244. The largest absolute Gasteiger partial charge is 0.168 e. The average Bonchev–Trinajstić information content (AvgIpc) is 2.03. The predicted molar refractivity (Wildman–Crippen MR) is 60.2 cm³/mol. The van der Waals surface area contributed by atoms with Gasteiger partial charge < -0.3 is 0 Å². The summed E-state index contributed by atoms with van der Waals surface area (Å²) in [6.07, 6.45) is 2.08. The second kappa shape index (κ2) is 3.75. The summed E-state index contributed by atoms with van der Waals surface area (Å²) in [6, 6.07) is 8.55. The van der Waals surface area contributed by atoms with E-state index in [1.54, 1.807) is 11.8 Å². The van der Waals surface area contributed by atoms with Gasteiger partial charge in [0.2, 0.25) is 0 Å². The molecule has 0 unspecified atom stereocenters. The number of thiol groups is 1. The van der Waals surface area contributed by atoms with E-state index in [1.165, 1.54) is 10.5 Å². The lowest BCUT2D eigenvalue weighted by Gasteiger charge is -2.17. The molecule has 1 aromatic rings. The maximum atomic E-state index is 4.50. The van der Waals surface area contributed by atoms with Gasteiger partial charge in [0.15, 0.2) is 0 Å². The number of thioether (sulfide) groups is 1. The smallest absolute Gasteiger partial charge is 0.0322 e. The molecule has 0 radical (unpaired) electrons. The third-order valence-electron chi connectivity index (χ3n) is 1.80. The highest BCUT2D eigenvalue weighted by atomic mass is 32.2. The molecule has 0 atom stereocenters. The third kappa shape index (κ3) is 2.46. The van der Waals surface area contributed by atoms with Crippen LogP contribution >= 0.6 is 24.4 Å². The molecule has 0 saturated heterocycles. The lowest BCUT2D eigenvalue weighted by molar-refractivity contribution is 0.790. The minimum atomic E-state index is -0.0308. The molecule has 0 aliphatic rings. The van der Waals surface area contributed by atoms with Gasteiger partial charge in [-0.05, 0) is 37.8 Å². The minimum absolute atomic E-state index is 0.0308. The van der Waals surface area contributed by atoms with Crippen molar-refractivity contribution in [3.63, 3.8) is 0 Å². The second-order valence-corrected chi connectivity index (χ2v) is 5.29. The molecule has 0 aliphatic carbocycles. The molecule has 0 saturated carbocycles. The lowest BCUT2D eigenvalue weighted by Crippen LogP contribution is -2.06. The molecule has 0 spiro atoms. The van der Waals surface area contributed by atoms with Gasteiger partial charge in [0.05, 0.1) is 0 Å². The van der Waals surface area contributed by atoms with E-state index < -0.39 is 0 Å². The summed E-state index contributed by atoms with van der Waals surface area (Å²) >= 11 is 6.26. The summed E-state index contributed by atoms with van der Waals surface area (Å²) in [5, 5.41) is 0. The lowest BCUT2D eigenvalue weighted by atomic mass is 10.0. The van der Waals surface area contributed by atoms with Crippen molar-refractivity contribution in [2.24, 2.45) is 0 Å². The van der Waals surface area contributed by atoms with Gasteiger partial charge in [-0.3, -0.25) is 0 Å². The molecule has 0 bridgehead atoms. The van der Waals surface area contributed by atoms with E-state index in [4.69, 9.17) is 0 Å². The van der Waals surface area contributed by atoms with Crippen LogP contribution in [-0.4, -0.2) is 6.26 Å². The fourth-order valence-corrected chi connectivity index (χ4v) is 1.56. The first-order chi connectivity index (χ1) is 5.54. The van der Waals surface area contributed by atoms with E-state index in [0.29, 0.717) is 0 Å². The maximum absolute atomic E-state index is 4.50. The molecule has 0 heterocycles. The number of rotatable bonds is 2. The van der Waals surface area contributed by atoms with Gasteiger partial charge in [-0.1, -0.05) is 12.1 Å². The molecule has 0 fully saturated rings. The van der Waals surface area contributed by atoms with Crippen molar-refractivity contribution in [3.8, 4) is 0 Å². The van der Waals surface area contributed by atoms with Crippen LogP contribution in [0.4, 0.5) is 0 Å². The topological polar surface area (TPSA) is 0 Å². The van der Waals surface area contributed by atoms with Crippen molar-refractivity contribution in [2.75, 3.05) is 6.26 Å². The van der Waals surface area contributed by atoms with Crippen LogP contribution in [0.15, 0.2) is 29.2 Å². The Morgan fingerprint density at radius 1 is 1.17 bits per heavy atom. The van der Waals surface area contributed by atoms with Gasteiger partial charge >= 0.3 is 0 Å². The van der Waals surface area contributed by atoms with Crippen molar-refractivity contribution in [1.29, 1.82) is 0 Å². The minimum Gasteiger partial charge on any atom is -0.168 e. The zero-order chi connectivity index (χ0) is 9.19. The molecule has 66 valence electrons. The SMILES string of the molecule is CSc1ccc(C(C)(C)S)cc1. The summed E-state index contributed by atoms with van der Waals surface area (Å²) in [5.74, 6) is 0. The molecule has 1 aromatic carbocycles. The summed E-state index contributed by atoms with van der Waals surface area (Å²) in [4.78, 5) is 1.30. The molecule has 0 N–H and O–H groups in total. The zero-order valence-corrected chi connectivity index (χ0v) is 9.38. The van der Waals surface area contributed by atoms with Gasteiger partial charge in [-0.2, -0.15) is 12.6 Å². The number of hydrogen-bond acceptors (Lipinski definition) is 2. The number of benzene rings is 1. The van der Waals surface area contributed by atoms with Crippen molar-refractivity contribution >= 4 is 24.4 Å². The summed E-state index contributed by atoms with van der Waals surface area (Å²) in [7, 11) is 0. The molecule has 0 amide bonds. The van der Waals surface area contributed by atoms with Crippen LogP contribution in [0.1, 0.15) is 19.4 Å². The molecule has 0 nitrogen and oxygen atoms in total. The van der Waals surface area contributed by atoms with E-state index in [-0.39, 0.29) is 4.75 Å². The first-order valence-corrected chi connectivity index (χ1v) is 5.58. The quantitative estimate of drug-likeness (QED) is 0.560. The Kier molecular flexibility index (Phi) is 3.13. The standard InChI is InChI=1S/C10H14S2/c1-10(2,11)8-4-6-9(12-3)7-5-8/h4-7,11H,1-3H3.